The third kappa shape index (κ3) is 4.39. The molecule has 0 bridgehead atoms. The Kier molecular flexibility index (Phi) is 5.51. The van der Waals surface area contributed by atoms with Crippen LogP contribution in [-0.4, -0.2) is 33.9 Å². The van der Waals surface area contributed by atoms with Gasteiger partial charge in [0, 0.05) is 6.07 Å². The summed E-state index contributed by atoms with van der Waals surface area (Å²) in [6.07, 6.45) is 1.07. The average Bonchev–Trinajstić information content (AvgIpc) is 3.08. The second-order valence-corrected chi connectivity index (χ2v) is 8.86. The number of carbonyl (C=O) groups excluding carboxylic acids is 1. The largest absolute Gasteiger partial charge is 0.454 e. The fourth-order valence-electron chi connectivity index (χ4n) is 3.16. The first kappa shape index (κ1) is 20.0. The van der Waals surface area contributed by atoms with Crippen molar-refractivity contribution in [1.82, 2.24) is 5.32 Å². The molecular formula is C20H24N2O5S. The molecule has 3 rings (SSSR count). The van der Waals surface area contributed by atoms with Crippen LogP contribution in [0.2, 0.25) is 0 Å². The first-order chi connectivity index (χ1) is 13.1. The number of fused-ring (bicyclic) bond motifs is 1. The monoisotopic (exact) mass is 404 g/mol. The normalized spacial score (nSPS) is 13.9. The summed E-state index contributed by atoms with van der Waals surface area (Å²) in [6, 6.07) is 10.6. The van der Waals surface area contributed by atoms with Crippen LogP contribution in [0.25, 0.3) is 0 Å². The van der Waals surface area contributed by atoms with E-state index in [4.69, 9.17) is 9.47 Å². The van der Waals surface area contributed by atoms with Gasteiger partial charge in [-0.2, -0.15) is 0 Å². The minimum atomic E-state index is -3.67. The second kappa shape index (κ2) is 7.71. The predicted molar refractivity (Wildman–Crippen MR) is 107 cm³/mol. The van der Waals surface area contributed by atoms with Crippen LogP contribution in [0.3, 0.4) is 0 Å². The number of amides is 1. The summed E-state index contributed by atoms with van der Waals surface area (Å²) in [6.45, 7) is 5.61. The van der Waals surface area contributed by atoms with Gasteiger partial charge in [0.05, 0.1) is 18.0 Å². The SMILES string of the molecule is Cc1ccc(C)c(C(C)NC(=O)CN(c2ccc3c(c2)OCO3)S(C)(=O)=O)c1. The summed E-state index contributed by atoms with van der Waals surface area (Å²) in [5, 5.41) is 2.89. The number of nitrogens with zero attached hydrogens (tertiary/aromatic N) is 1. The molecule has 1 N–H and O–H groups in total. The molecule has 2 aromatic carbocycles. The Bertz CT molecular complexity index is 1000. The third-order valence-corrected chi connectivity index (χ3v) is 5.75. The maximum absolute atomic E-state index is 12.6. The van der Waals surface area contributed by atoms with Crippen LogP contribution in [-0.2, 0) is 14.8 Å². The first-order valence-electron chi connectivity index (χ1n) is 8.89. The zero-order valence-electron chi connectivity index (χ0n) is 16.4. The van der Waals surface area contributed by atoms with Crippen molar-refractivity contribution in [3.8, 4) is 11.5 Å². The van der Waals surface area contributed by atoms with E-state index in [2.05, 4.69) is 5.32 Å². The molecule has 0 radical (unpaired) electrons. The molecule has 0 spiro atoms. The van der Waals surface area contributed by atoms with Crippen LogP contribution >= 0.6 is 0 Å². The number of sulfonamides is 1. The van der Waals surface area contributed by atoms with Crippen LogP contribution in [0.5, 0.6) is 11.5 Å². The molecule has 0 saturated heterocycles. The lowest BCUT2D eigenvalue weighted by atomic mass is 10.00. The van der Waals surface area contributed by atoms with E-state index in [0.717, 1.165) is 27.3 Å². The van der Waals surface area contributed by atoms with Crippen molar-refractivity contribution in [2.24, 2.45) is 0 Å². The maximum Gasteiger partial charge on any atom is 0.241 e. The highest BCUT2D eigenvalue weighted by Gasteiger charge is 2.24. The number of rotatable bonds is 6. The molecule has 0 saturated carbocycles. The number of ether oxygens (including phenoxy) is 2. The van der Waals surface area contributed by atoms with E-state index in [0.29, 0.717) is 17.2 Å². The minimum Gasteiger partial charge on any atom is -0.454 e. The van der Waals surface area contributed by atoms with Crippen molar-refractivity contribution in [1.29, 1.82) is 0 Å². The van der Waals surface area contributed by atoms with Crippen LogP contribution in [0, 0.1) is 13.8 Å². The molecule has 1 aliphatic rings. The number of carbonyl (C=O) groups is 1. The number of hydrogen-bond acceptors (Lipinski definition) is 5. The number of nitrogens with one attached hydrogen (secondary N) is 1. The molecule has 0 aromatic heterocycles. The topological polar surface area (TPSA) is 84.9 Å². The quantitative estimate of drug-likeness (QED) is 0.800. The number of benzene rings is 2. The highest BCUT2D eigenvalue weighted by Crippen LogP contribution is 2.36. The van der Waals surface area contributed by atoms with E-state index < -0.39 is 15.9 Å². The van der Waals surface area contributed by atoms with Crippen molar-refractivity contribution in [2.45, 2.75) is 26.8 Å². The van der Waals surface area contributed by atoms with Crippen molar-refractivity contribution in [3.63, 3.8) is 0 Å². The summed E-state index contributed by atoms with van der Waals surface area (Å²) < 4.78 is 36.2. The number of anilines is 1. The van der Waals surface area contributed by atoms with Crippen LogP contribution < -0.4 is 19.1 Å². The van der Waals surface area contributed by atoms with Gasteiger partial charge in [-0.3, -0.25) is 9.10 Å². The molecule has 1 heterocycles. The van der Waals surface area contributed by atoms with E-state index >= 15 is 0 Å². The molecule has 7 nitrogen and oxygen atoms in total. The Labute approximate surface area is 165 Å². The smallest absolute Gasteiger partial charge is 0.241 e. The van der Waals surface area contributed by atoms with Gasteiger partial charge in [0.2, 0.25) is 22.7 Å². The minimum absolute atomic E-state index is 0.0888. The van der Waals surface area contributed by atoms with Crippen molar-refractivity contribution < 1.29 is 22.7 Å². The predicted octanol–water partition coefficient (Wildman–Crippen LogP) is 2.68. The molecule has 1 atom stereocenters. The van der Waals surface area contributed by atoms with Crippen LogP contribution in [0.1, 0.15) is 29.7 Å². The molecule has 0 aliphatic carbocycles. The Morgan fingerprint density at radius 2 is 1.86 bits per heavy atom. The Balaban J connectivity index is 1.78. The molecule has 1 amide bonds. The molecule has 8 heteroatoms. The zero-order valence-corrected chi connectivity index (χ0v) is 17.2. The highest BCUT2D eigenvalue weighted by atomic mass is 32.2. The molecule has 1 unspecified atom stereocenters. The summed E-state index contributed by atoms with van der Waals surface area (Å²) in [4.78, 5) is 12.6. The van der Waals surface area contributed by atoms with Crippen molar-refractivity contribution >= 4 is 21.6 Å². The highest BCUT2D eigenvalue weighted by molar-refractivity contribution is 7.92. The molecular weight excluding hydrogens is 380 g/mol. The van der Waals surface area contributed by atoms with Gasteiger partial charge in [-0.25, -0.2) is 8.42 Å². The van der Waals surface area contributed by atoms with Gasteiger partial charge >= 0.3 is 0 Å². The fourth-order valence-corrected chi connectivity index (χ4v) is 4.01. The first-order valence-corrected chi connectivity index (χ1v) is 10.7. The lowest BCUT2D eigenvalue weighted by Gasteiger charge is -2.24. The maximum atomic E-state index is 12.6. The van der Waals surface area contributed by atoms with Crippen molar-refractivity contribution in [2.75, 3.05) is 23.9 Å². The molecule has 150 valence electrons. The van der Waals surface area contributed by atoms with Crippen molar-refractivity contribution in [3.05, 3.63) is 53.1 Å². The Morgan fingerprint density at radius 3 is 2.57 bits per heavy atom. The van der Waals surface area contributed by atoms with Crippen LogP contribution in [0.15, 0.2) is 36.4 Å². The standard InChI is InChI=1S/C20H24N2O5S/c1-13-5-6-14(2)17(9-13)15(3)21-20(23)11-22(28(4,24)25)16-7-8-18-19(10-16)27-12-26-18/h5-10,15H,11-12H2,1-4H3,(H,21,23). The summed E-state index contributed by atoms with van der Waals surface area (Å²) in [5.74, 6) is 0.608. The molecule has 0 fully saturated rings. The van der Waals surface area contributed by atoms with E-state index in [1.165, 1.54) is 0 Å². The lowest BCUT2D eigenvalue weighted by molar-refractivity contribution is -0.120. The van der Waals surface area contributed by atoms with Gasteiger partial charge in [-0.05, 0) is 44.0 Å². The third-order valence-electron chi connectivity index (χ3n) is 4.61. The van der Waals surface area contributed by atoms with E-state index in [1.54, 1.807) is 18.2 Å². The Morgan fingerprint density at radius 1 is 1.14 bits per heavy atom. The average molecular weight is 404 g/mol. The van der Waals surface area contributed by atoms with Gasteiger partial charge in [0.25, 0.3) is 0 Å². The fraction of sp³-hybridized carbons (Fsp3) is 0.350. The molecule has 2 aromatic rings. The summed E-state index contributed by atoms with van der Waals surface area (Å²) in [7, 11) is -3.67. The van der Waals surface area contributed by atoms with Gasteiger partial charge in [-0.15, -0.1) is 0 Å². The van der Waals surface area contributed by atoms with E-state index in [9.17, 15) is 13.2 Å². The van der Waals surface area contributed by atoms with Gasteiger partial charge < -0.3 is 14.8 Å². The zero-order chi connectivity index (χ0) is 20.5. The number of hydrogen-bond donors (Lipinski definition) is 1. The van der Waals surface area contributed by atoms with Crippen LogP contribution in [0.4, 0.5) is 5.69 Å². The summed E-state index contributed by atoms with van der Waals surface area (Å²) >= 11 is 0. The second-order valence-electron chi connectivity index (χ2n) is 6.96. The number of aryl methyl sites for hydroxylation is 2. The molecule has 28 heavy (non-hydrogen) atoms. The van der Waals surface area contributed by atoms with Gasteiger partial charge in [0.1, 0.15) is 6.54 Å². The lowest BCUT2D eigenvalue weighted by Crippen LogP contribution is -2.41. The summed E-state index contributed by atoms with van der Waals surface area (Å²) in [5.41, 5.74) is 3.51. The van der Waals surface area contributed by atoms with E-state index in [1.807, 2.05) is 39.0 Å². The van der Waals surface area contributed by atoms with Gasteiger partial charge in [-0.1, -0.05) is 23.8 Å². The van der Waals surface area contributed by atoms with E-state index in [-0.39, 0.29) is 19.4 Å². The van der Waals surface area contributed by atoms with Gasteiger partial charge in [0.15, 0.2) is 11.5 Å². The molecule has 1 aliphatic heterocycles. The Hall–Kier alpha value is -2.74.